The number of nitrogens with one attached hydrogen (secondary N) is 1. The average molecular weight is 521 g/mol. The molecular weight excluding hydrogens is 488 g/mol. The second-order valence-electron chi connectivity index (χ2n) is 10.1. The second-order valence-corrected chi connectivity index (χ2v) is 11.0. The van der Waals surface area contributed by atoms with E-state index in [2.05, 4.69) is 27.2 Å². The summed E-state index contributed by atoms with van der Waals surface area (Å²) in [6.07, 6.45) is 6.97. The number of aromatic nitrogens is 4. The van der Waals surface area contributed by atoms with Gasteiger partial charge < -0.3 is 19.7 Å². The molecule has 0 bridgehead atoms. The molecule has 0 amide bonds. The fraction of sp³-hybridized carbons (Fsp3) is 0.407. The van der Waals surface area contributed by atoms with E-state index in [0.717, 1.165) is 65.3 Å². The van der Waals surface area contributed by atoms with Gasteiger partial charge in [-0.2, -0.15) is 9.78 Å². The quantitative estimate of drug-likeness (QED) is 0.334. The number of likely N-dealkylation sites (tertiary alicyclic amines) is 1. The van der Waals surface area contributed by atoms with Gasteiger partial charge in [0.15, 0.2) is 0 Å². The van der Waals surface area contributed by atoms with Crippen molar-refractivity contribution >= 4 is 39.3 Å². The zero-order valence-corrected chi connectivity index (χ0v) is 22.4. The number of rotatable bonds is 6. The Morgan fingerprint density at radius 1 is 1.16 bits per heavy atom. The summed E-state index contributed by atoms with van der Waals surface area (Å²) >= 11 is 1.55. The first-order valence-corrected chi connectivity index (χ1v) is 13.4. The highest BCUT2D eigenvalue weighted by Gasteiger charge is 2.21. The summed E-state index contributed by atoms with van der Waals surface area (Å²) in [7, 11) is 0. The van der Waals surface area contributed by atoms with Crippen molar-refractivity contribution < 1.29 is 14.3 Å². The van der Waals surface area contributed by atoms with Crippen molar-refractivity contribution in [3.8, 4) is 16.9 Å². The monoisotopic (exact) mass is 520 g/mol. The number of ether oxygens (including phenoxy) is 2. The molecule has 0 spiro atoms. The molecular formula is C27H32N6O3S. The molecule has 1 N–H and O–H groups in total. The van der Waals surface area contributed by atoms with Gasteiger partial charge in [-0.1, -0.05) is 6.92 Å². The lowest BCUT2D eigenvalue weighted by molar-refractivity contribution is 0.0514. The van der Waals surface area contributed by atoms with E-state index in [1.165, 1.54) is 4.68 Å². The van der Waals surface area contributed by atoms with Gasteiger partial charge in [-0.25, -0.2) is 14.8 Å². The van der Waals surface area contributed by atoms with Crippen LogP contribution in [0.3, 0.4) is 0 Å². The molecule has 9 nitrogen and oxygen atoms in total. The Balaban J connectivity index is 1.27. The molecule has 1 aliphatic rings. The minimum Gasteiger partial charge on any atom is -0.490 e. The van der Waals surface area contributed by atoms with Gasteiger partial charge in [-0.05, 0) is 64.4 Å². The maximum Gasteiger partial charge on any atom is 0.435 e. The molecule has 0 aliphatic carbocycles. The van der Waals surface area contributed by atoms with Crippen molar-refractivity contribution in [3.05, 3.63) is 48.2 Å². The Morgan fingerprint density at radius 3 is 2.62 bits per heavy atom. The lowest BCUT2D eigenvalue weighted by Gasteiger charge is -2.31. The summed E-state index contributed by atoms with van der Waals surface area (Å²) < 4.78 is 13.7. The summed E-state index contributed by atoms with van der Waals surface area (Å²) in [5.74, 6) is 1.37. The van der Waals surface area contributed by atoms with Crippen LogP contribution >= 0.6 is 11.3 Å². The molecule has 4 heterocycles. The van der Waals surface area contributed by atoms with E-state index in [0.29, 0.717) is 5.95 Å². The minimum atomic E-state index is -0.594. The van der Waals surface area contributed by atoms with Gasteiger partial charge in [-0.3, -0.25) is 0 Å². The number of fused-ring (bicyclic) bond motifs is 1. The van der Waals surface area contributed by atoms with Crippen LogP contribution in [0.4, 0.5) is 16.4 Å². The summed E-state index contributed by atoms with van der Waals surface area (Å²) in [6.45, 7) is 11.0. The van der Waals surface area contributed by atoms with Gasteiger partial charge in [0.1, 0.15) is 17.5 Å². The summed E-state index contributed by atoms with van der Waals surface area (Å²) in [5.41, 5.74) is 2.75. The van der Waals surface area contributed by atoms with E-state index < -0.39 is 11.7 Å². The Morgan fingerprint density at radius 2 is 1.92 bits per heavy atom. The summed E-state index contributed by atoms with van der Waals surface area (Å²) in [5, 5.41) is 9.46. The van der Waals surface area contributed by atoms with E-state index in [1.54, 1.807) is 29.9 Å². The maximum absolute atomic E-state index is 12.4. The SMILES string of the molecule is CCN1CCC(Oc2ccc(Nc3ncc4scc(-c5cnn(C(=O)OC(C)(C)C)c5)c4n3)cc2)CC1. The molecule has 0 unspecified atom stereocenters. The van der Waals surface area contributed by atoms with E-state index in [1.807, 2.05) is 50.4 Å². The van der Waals surface area contributed by atoms with Crippen molar-refractivity contribution in [1.82, 2.24) is 24.6 Å². The van der Waals surface area contributed by atoms with Gasteiger partial charge in [0, 0.05) is 41.5 Å². The first-order chi connectivity index (χ1) is 17.8. The van der Waals surface area contributed by atoms with Crippen LogP contribution in [-0.4, -0.2) is 62.1 Å². The Hall–Kier alpha value is -3.50. The molecule has 37 heavy (non-hydrogen) atoms. The number of piperidine rings is 1. The molecule has 5 rings (SSSR count). The molecule has 1 aliphatic heterocycles. The first kappa shape index (κ1) is 25.2. The van der Waals surface area contributed by atoms with E-state index in [9.17, 15) is 4.79 Å². The number of carbonyl (C=O) groups excluding carboxylic acids is 1. The molecule has 1 aromatic carbocycles. The minimum absolute atomic E-state index is 0.268. The highest BCUT2D eigenvalue weighted by molar-refractivity contribution is 7.17. The normalized spacial score (nSPS) is 15.1. The van der Waals surface area contributed by atoms with Crippen LogP contribution in [0.25, 0.3) is 21.3 Å². The third-order valence-electron chi connectivity index (χ3n) is 6.18. The third kappa shape index (κ3) is 6.08. The number of carbonyl (C=O) groups is 1. The maximum atomic E-state index is 12.4. The van der Waals surface area contributed by atoms with E-state index >= 15 is 0 Å². The molecule has 1 saturated heterocycles. The largest absolute Gasteiger partial charge is 0.490 e. The second kappa shape index (κ2) is 10.5. The smallest absolute Gasteiger partial charge is 0.435 e. The summed E-state index contributed by atoms with van der Waals surface area (Å²) in [6, 6.07) is 7.91. The van der Waals surface area contributed by atoms with Crippen LogP contribution in [0.15, 0.2) is 48.2 Å². The standard InChI is InChI=1S/C27H32N6O3S/c1-5-32-12-10-21(11-13-32)35-20-8-6-19(7-9-20)30-25-28-15-23-24(31-25)22(17-37-23)18-14-29-33(16-18)26(34)36-27(2,3)4/h6-9,14-17,21H,5,10-13H2,1-4H3,(H,28,30,31). The summed E-state index contributed by atoms with van der Waals surface area (Å²) in [4.78, 5) is 24.0. The predicted molar refractivity (Wildman–Crippen MR) is 146 cm³/mol. The molecule has 194 valence electrons. The number of benzene rings is 1. The van der Waals surface area contributed by atoms with Gasteiger partial charge in [0.2, 0.25) is 5.95 Å². The van der Waals surface area contributed by atoms with Crippen LogP contribution in [-0.2, 0) is 4.74 Å². The Kier molecular flexibility index (Phi) is 7.12. The number of hydrogen-bond donors (Lipinski definition) is 1. The van der Waals surface area contributed by atoms with Gasteiger partial charge in [-0.15, -0.1) is 11.3 Å². The highest BCUT2D eigenvalue weighted by Crippen LogP contribution is 2.33. The number of thiophene rings is 1. The third-order valence-corrected chi connectivity index (χ3v) is 7.09. The van der Waals surface area contributed by atoms with Gasteiger partial charge >= 0.3 is 6.09 Å². The zero-order valence-electron chi connectivity index (χ0n) is 21.6. The van der Waals surface area contributed by atoms with Crippen LogP contribution in [0.5, 0.6) is 5.75 Å². The van der Waals surface area contributed by atoms with Crippen molar-refractivity contribution in [2.75, 3.05) is 25.0 Å². The highest BCUT2D eigenvalue weighted by atomic mass is 32.1. The van der Waals surface area contributed by atoms with E-state index in [-0.39, 0.29) is 6.10 Å². The predicted octanol–water partition coefficient (Wildman–Crippen LogP) is 5.94. The molecule has 10 heteroatoms. The number of nitrogens with zero attached hydrogens (tertiary/aromatic N) is 5. The lowest BCUT2D eigenvalue weighted by atomic mass is 10.1. The van der Waals surface area contributed by atoms with Crippen LogP contribution in [0.1, 0.15) is 40.5 Å². The van der Waals surface area contributed by atoms with Crippen molar-refractivity contribution in [1.29, 1.82) is 0 Å². The Bertz CT molecular complexity index is 1370. The average Bonchev–Trinajstić information content (AvgIpc) is 3.52. The topological polar surface area (TPSA) is 94.4 Å². The first-order valence-electron chi connectivity index (χ1n) is 12.6. The molecule has 0 radical (unpaired) electrons. The molecule has 4 aromatic rings. The molecule has 1 fully saturated rings. The molecule has 0 saturated carbocycles. The van der Waals surface area contributed by atoms with Crippen molar-refractivity contribution in [3.63, 3.8) is 0 Å². The molecule has 0 atom stereocenters. The lowest BCUT2D eigenvalue weighted by Crippen LogP contribution is -2.37. The van der Waals surface area contributed by atoms with Crippen molar-refractivity contribution in [2.24, 2.45) is 0 Å². The van der Waals surface area contributed by atoms with E-state index in [4.69, 9.17) is 14.5 Å². The fourth-order valence-electron chi connectivity index (χ4n) is 4.25. The number of anilines is 2. The number of hydrogen-bond acceptors (Lipinski definition) is 9. The zero-order chi connectivity index (χ0) is 26.0. The van der Waals surface area contributed by atoms with Crippen LogP contribution < -0.4 is 10.1 Å². The van der Waals surface area contributed by atoms with Gasteiger partial charge in [0.05, 0.1) is 22.6 Å². The van der Waals surface area contributed by atoms with Crippen LogP contribution in [0, 0.1) is 0 Å². The van der Waals surface area contributed by atoms with Gasteiger partial charge in [0.25, 0.3) is 0 Å². The van der Waals surface area contributed by atoms with Crippen molar-refractivity contribution in [2.45, 2.75) is 52.2 Å². The Labute approximate surface area is 220 Å². The fourth-order valence-corrected chi connectivity index (χ4v) is 5.12. The van der Waals surface area contributed by atoms with Crippen LogP contribution in [0.2, 0.25) is 0 Å². The molecule has 3 aromatic heterocycles.